The van der Waals surface area contributed by atoms with Gasteiger partial charge in [-0.05, 0) is 77.8 Å². The molecule has 0 unspecified atom stereocenters. The molecule has 0 aliphatic carbocycles. The van der Waals surface area contributed by atoms with E-state index in [1.54, 1.807) is 0 Å². The predicted molar refractivity (Wildman–Crippen MR) is 82.9 cm³/mol. The third kappa shape index (κ3) is 3.82. The van der Waals surface area contributed by atoms with Crippen LogP contribution in [-0.4, -0.2) is 7.05 Å². The molecule has 0 amide bonds. The minimum Gasteiger partial charge on any atom is -0.456 e. The largest absolute Gasteiger partial charge is 0.456 e. The average Bonchev–Trinajstić information content (AvgIpc) is 2.32. The van der Waals surface area contributed by atoms with E-state index < -0.39 is 0 Å². The van der Waals surface area contributed by atoms with Gasteiger partial charge in [0.15, 0.2) is 0 Å². The second kappa shape index (κ2) is 6.22. The van der Waals surface area contributed by atoms with Crippen LogP contribution in [0.3, 0.4) is 0 Å². The van der Waals surface area contributed by atoms with Crippen molar-refractivity contribution in [2.75, 3.05) is 7.05 Å². The standard InChI is InChI=1S/C16H18BrNO/c1-11-6-12(2)8-14(7-11)19-16-5-4-13(10-18-3)9-15(16)17/h4-9,18H,10H2,1-3H3. The van der Waals surface area contributed by atoms with E-state index in [1.165, 1.54) is 16.7 Å². The van der Waals surface area contributed by atoms with Gasteiger partial charge in [0, 0.05) is 6.54 Å². The normalized spacial score (nSPS) is 10.5. The molecule has 2 rings (SSSR count). The van der Waals surface area contributed by atoms with Crippen molar-refractivity contribution in [3.63, 3.8) is 0 Å². The molecule has 1 N–H and O–H groups in total. The van der Waals surface area contributed by atoms with Gasteiger partial charge >= 0.3 is 0 Å². The third-order valence-corrected chi connectivity index (χ3v) is 3.42. The number of benzene rings is 2. The van der Waals surface area contributed by atoms with Crippen LogP contribution in [0.1, 0.15) is 16.7 Å². The third-order valence-electron chi connectivity index (χ3n) is 2.80. The fourth-order valence-corrected chi connectivity index (χ4v) is 2.57. The molecule has 0 saturated carbocycles. The topological polar surface area (TPSA) is 21.3 Å². The van der Waals surface area contributed by atoms with Crippen molar-refractivity contribution in [3.05, 3.63) is 57.6 Å². The Morgan fingerprint density at radius 2 is 1.74 bits per heavy atom. The number of halogens is 1. The highest BCUT2D eigenvalue weighted by molar-refractivity contribution is 9.10. The van der Waals surface area contributed by atoms with E-state index >= 15 is 0 Å². The van der Waals surface area contributed by atoms with Gasteiger partial charge in [-0.15, -0.1) is 0 Å². The Morgan fingerprint density at radius 3 is 2.32 bits per heavy atom. The van der Waals surface area contributed by atoms with Crippen molar-refractivity contribution in [2.45, 2.75) is 20.4 Å². The predicted octanol–water partition coefficient (Wildman–Crippen LogP) is 4.58. The van der Waals surface area contributed by atoms with Crippen LogP contribution in [0, 0.1) is 13.8 Å². The van der Waals surface area contributed by atoms with E-state index in [1.807, 2.05) is 25.2 Å². The van der Waals surface area contributed by atoms with E-state index in [0.29, 0.717) is 0 Å². The first-order valence-corrected chi connectivity index (χ1v) is 7.07. The first-order chi connectivity index (χ1) is 9.08. The smallest absolute Gasteiger partial charge is 0.141 e. The van der Waals surface area contributed by atoms with Crippen LogP contribution in [0.2, 0.25) is 0 Å². The monoisotopic (exact) mass is 319 g/mol. The molecule has 0 aromatic heterocycles. The van der Waals surface area contributed by atoms with E-state index in [-0.39, 0.29) is 0 Å². The number of hydrogen-bond donors (Lipinski definition) is 1. The van der Waals surface area contributed by atoms with Crippen molar-refractivity contribution >= 4 is 15.9 Å². The highest BCUT2D eigenvalue weighted by atomic mass is 79.9. The zero-order chi connectivity index (χ0) is 13.8. The molecule has 0 bridgehead atoms. The molecule has 3 heteroatoms. The molecule has 0 aliphatic rings. The maximum absolute atomic E-state index is 5.94. The molecule has 2 aromatic carbocycles. The number of hydrogen-bond acceptors (Lipinski definition) is 2. The van der Waals surface area contributed by atoms with Crippen molar-refractivity contribution in [3.8, 4) is 11.5 Å². The summed E-state index contributed by atoms with van der Waals surface area (Å²) in [4.78, 5) is 0. The molecule has 0 atom stereocenters. The lowest BCUT2D eigenvalue weighted by molar-refractivity contribution is 0.478. The summed E-state index contributed by atoms with van der Waals surface area (Å²) in [6.45, 7) is 5.00. The molecule has 100 valence electrons. The summed E-state index contributed by atoms with van der Waals surface area (Å²) < 4.78 is 6.91. The second-order valence-corrected chi connectivity index (χ2v) is 5.57. The van der Waals surface area contributed by atoms with Crippen LogP contribution < -0.4 is 10.1 Å². The van der Waals surface area contributed by atoms with Gasteiger partial charge in [-0.2, -0.15) is 0 Å². The Hall–Kier alpha value is -1.32. The van der Waals surface area contributed by atoms with E-state index in [2.05, 4.69) is 53.3 Å². The van der Waals surface area contributed by atoms with E-state index in [9.17, 15) is 0 Å². The number of aryl methyl sites for hydroxylation is 2. The maximum Gasteiger partial charge on any atom is 0.141 e. The van der Waals surface area contributed by atoms with Gasteiger partial charge < -0.3 is 10.1 Å². The molecule has 0 aliphatic heterocycles. The van der Waals surface area contributed by atoms with Gasteiger partial charge in [0.05, 0.1) is 4.47 Å². The van der Waals surface area contributed by atoms with Crippen molar-refractivity contribution in [2.24, 2.45) is 0 Å². The summed E-state index contributed by atoms with van der Waals surface area (Å²) in [6.07, 6.45) is 0. The minimum atomic E-state index is 0.838. The highest BCUT2D eigenvalue weighted by Gasteiger charge is 2.05. The summed E-state index contributed by atoms with van der Waals surface area (Å²) in [5.41, 5.74) is 3.64. The first-order valence-electron chi connectivity index (χ1n) is 6.27. The summed E-state index contributed by atoms with van der Waals surface area (Å²) in [6, 6.07) is 12.4. The lowest BCUT2D eigenvalue weighted by atomic mass is 10.1. The Labute approximate surface area is 122 Å². The van der Waals surface area contributed by atoms with Crippen LogP contribution in [0.15, 0.2) is 40.9 Å². The lowest BCUT2D eigenvalue weighted by Gasteiger charge is -2.11. The SMILES string of the molecule is CNCc1ccc(Oc2cc(C)cc(C)c2)c(Br)c1. The Bertz CT molecular complexity index is 561. The Kier molecular flexibility index (Phi) is 4.61. The van der Waals surface area contributed by atoms with Crippen LogP contribution in [0.4, 0.5) is 0 Å². The molecule has 2 nitrogen and oxygen atoms in total. The van der Waals surface area contributed by atoms with Crippen molar-refractivity contribution < 1.29 is 4.74 Å². The summed E-state index contributed by atoms with van der Waals surface area (Å²) in [5.74, 6) is 1.71. The number of ether oxygens (including phenoxy) is 1. The molecular formula is C16H18BrNO. The highest BCUT2D eigenvalue weighted by Crippen LogP contribution is 2.31. The van der Waals surface area contributed by atoms with E-state index in [0.717, 1.165) is 22.5 Å². The van der Waals surface area contributed by atoms with Gasteiger partial charge in [-0.25, -0.2) is 0 Å². The average molecular weight is 320 g/mol. The molecule has 0 radical (unpaired) electrons. The summed E-state index contributed by atoms with van der Waals surface area (Å²) in [5, 5.41) is 3.13. The minimum absolute atomic E-state index is 0.838. The maximum atomic E-state index is 5.94. The molecule has 0 saturated heterocycles. The molecule has 2 aromatic rings. The van der Waals surface area contributed by atoms with Crippen LogP contribution >= 0.6 is 15.9 Å². The number of nitrogens with one attached hydrogen (secondary N) is 1. The van der Waals surface area contributed by atoms with Gasteiger partial charge in [0.25, 0.3) is 0 Å². The van der Waals surface area contributed by atoms with Crippen LogP contribution in [0.5, 0.6) is 11.5 Å². The number of rotatable bonds is 4. The van der Waals surface area contributed by atoms with Crippen LogP contribution in [-0.2, 0) is 6.54 Å². The first kappa shape index (κ1) is 14.1. The Morgan fingerprint density at radius 1 is 1.05 bits per heavy atom. The van der Waals surface area contributed by atoms with Gasteiger partial charge in [0.2, 0.25) is 0 Å². The quantitative estimate of drug-likeness (QED) is 0.890. The fourth-order valence-electron chi connectivity index (χ4n) is 2.06. The van der Waals surface area contributed by atoms with Crippen LogP contribution in [0.25, 0.3) is 0 Å². The zero-order valence-corrected chi connectivity index (χ0v) is 13.0. The lowest BCUT2D eigenvalue weighted by Crippen LogP contribution is -2.04. The van der Waals surface area contributed by atoms with Crippen molar-refractivity contribution in [1.82, 2.24) is 5.32 Å². The van der Waals surface area contributed by atoms with Gasteiger partial charge in [-0.1, -0.05) is 12.1 Å². The van der Waals surface area contributed by atoms with E-state index in [4.69, 9.17) is 4.74 Å². The van der Waals surface area contributed by atoms with Gasteiger partial charge in [-0.3, -0.25) is 0 Å². The summed E-state index contributed by atoms with van der Waals surface area (Å²) >= 11 is 3.56. The second-order valence-electron chi connectivity index (χ2n) is 4.72. The zero-order valence-electron chi connectivity index (χ0n) is 11.5. The summed E-state index contributed by atoms with van der Waals surface area (Å²) in [7, 11) is 1.94. The molecular weight excluding hydrogens is 302 g/mol. The molecule has 0 heterocycles. The molecule has 19 heavy (non-hydrogen) atoms. The van der Waals surface area contributed by atoms with Crippen molar-refractivity contribution in [1.29, 1.82) is 0 Å². The fraction of sp³-hybridized carbons (Fsp3) is 0.250. The Balaban J connectivity index is 2.23. The van der Waals surface area contributed by atoms with Gasteiger partial charge in [0.1, 0.15) is 11.5 Å². The molecule has 0 spiro atoms. The molecule has 0 fully saturated rings.